The number of amides is 1. The molecule has 1 aromatic carbocycles. The van der Waals surface area contributed by atoms with Gasteiger partial charge in [-0.25, -0.2) is 0 Å². The van der Waals surface area contributed by atoms with Gasteiger partial charge in [-0.1, -0.05) is 18.2 Å². The molecule has 6 heteroatoms. The average Bonchev–Trinajstić information content (AvgIpc) is 3.34. The monoisotopic (exact) mass is 382 g/mol. The first-order valence-electron chi connectivity index (χ1n) is 10.4. The average molecular weight is 383 g/mol. The van der Waals surface area contributed by atoms with Gasteiger partial charge in [-0.3, -0.25) is 9.48 Å². The van der Waals surface area contributed by atoms with Crippen LogP contribution in [0.25, 0.3) is 0 Å². The number of rotatable bonds is 5. The second-order valence-electron chi connectivity index (χ2n) is 7.83. The molecule has 0 radical (unpaired) electrons. The van der Waals surface area contributed by atoms with Gasteiger partial charge >= 0.3 is 0 Å². The summed E-state index contributed by atoms with van der Waals surface area (Å²) in [5.41, 5.74) is 5.04. The number of nitrogens with zero attached hydrogens (tertiary/aromatic N) is 3. The second-order valence-corrected chi connectivity index (χ2v) is 7.83. The Labute approximate surface area is 166 Å². The highest BCUT2D eigenvalue weighted by Crippen LogP contribution is 2.31. The molecule has 28 heavy (non-hydrogen) atoms. The van der Waals surface area contributed by atoms with Crippen LogP contribution < -0.4 is 10.2 Å². The topological polar surface area (TPSA) is 59.4 Å². The fourth-order valence-corrected chi connectivity index (χ4v) is 4.46. The van der Waals surface area contributed by atoms with Crippen LogP contribution in [0.3, 0.4) is 0 Å². The van der Waals surface area contributed by atoms with Gasteiger partial charge in [0.1, 0.15) is 5.69 Å². The number of carbonyl (C=O) groups is 1. The molecule has 0 aliphatic carbocycles. The Bertz CT molecular complexity index is 854. The number of carbonyl (C=O) groups excluding carboxylic acids is 1. The molecule has 0 spiro atoms. The predicted molar refractivity (Wildman–Crippen MR) is 110 cm³/mol. The highest BCUT2D eigenvalue weighted by Gasteiger charge is 2.31. The summed E-state index contributed by atoms with van der Waals surface area (Å²) in [4.78, 5) is 15.6. The molecule has 1 saturated heterocycles. The van der Waals surface area contributed by atoms with Crippen LogP contribution in [-0.4, -0.2) is 34.9 Å². The maximum Gasteiger partial charge on any atom is 0.270 e. The minimum absolute atomic E-state index is 0.0480. The number of aromatic nitrogens is 2. The summed E-state index contributed by atoms with van der Waals surface area (Å²) in [6.45, 7) is 9.46. The SMILES string of the molecule is CCn1nc2c(c1C(=O)NCc1ccccc1N1CCCC1)C[C@H](C)O[C@@H]2C. The lowest BCUT2D eigenvalue weighted by Crippen LogP contribution is -2.29. The molecule has 1 fully saturated rings. The van der Waals surface area contributed by atoms with E-state index in [9.17, 15) is 4.79 Å². The van der Waals surface area contributed by atoms with E-state index in [4.69, 9.17) is 4.74 Å². The van der Waals surface area contributed by atoms with E-state index < -0.39 is 0 Å². The van der Waals surface area contributed by atoms with Gasteiger partial charge in [0.05, 0.1) is 17.9 Å². The quantitative estimate of drug-likeness (QED) is 0.860. The zero-order valence-electron chi connectivity index (χ0n) is 17.1. The van der Waals surface area contributed by atoms with Crippen LogP contribution in [0.5, 0.6) is 0 Å². The highest BCUT2D eigenvalue weighted by molar-refractivity contribution is 5.94. The molecule has 1 amide bonds. The smallest absolute Gasteiger partial charge is 0.270 e. The lowest BCUT2D eigenvalue weighted by molar-refractivity contribution is -0.00712. The molecule has 2 aliphatic rings. The van der Waals surface area contributed by atoms with Crippen molar-refractivity contribution < 1.29 is 9.53 Å². The van der Waals surface area contributed by atoms with Crippen molar-refractivity contribution >= 4 is 11.6 Å². The Morgan fingerprint density at radius 3 is 2.75 bits per heavy atom. The Morgan fingerprint density at radius 1 is 1.25 bits per heavy atom. The Morgan fingerprint density at radius 2 is 2.00 bits per heavy atom. The van der Waals surface area contributed by atoms with Crippen molar-refractivity contribution in [3.63, 3.8) is 0 Å². The number of hydrogen-bond acceptors (Lipinski definition) is 4. The maximum atomic E-state index is 13.2. The van der Waals surface area contributed by atoms with E-state index in [2.05, 4.69) is 40.4 Å². The molecular formula is C22H30N4O2. The summed E-state index contributed by atoms with van der Waals surface area (Å²) >= 11 is 0. The highest BCUT2D eigenvalue weighted by atomic mass is 16.5. The molecule has 0 unspecified atom stereocenters. The number of nitrogens with one attached hydrogen (secondary N) is 1. The number of anilines is 1. The van der Waals surface area contributed by atoms with Gasteiger partial charge in [0, 0.05) is 43.9 Å². The van der Waals surface area contributed by atoms with Gasteiger partial charge in [0.15, 0.2) is 0 Å². The molecule has 3 heterocycles. The van der Waals surface area contributed by atoms with Gasteiger partial charge in [-0.2, -0.15) is 5.10 Å². The third kappa shape index (κ3) is 3.53. The molecule has 150 valence electrons. The molecule has 0 saturated carbocycles. The molecule has 2 aromatic rings. The van der Waals surface area contributed by atoms with E-state index in [-0.39, 0.29) is 18.1 Å². The number of para-hydroxylation sites is 1. The molecule has 2 aliphatic heterocycles. The molecule has 6 nitrogen and oxygen atoms in total. The summed E-state index contributed by atoms with van der Waals surface area (Å²) in [6.07, 6.45) is 3.22. The van der Waals surface area contributed by atoms with Crippen molar-refractivity contribution in [3.8, 4) is 0 Å². The lowest BCUT2D eigenvalue weighted by Gasteiger charge is -2.25. The fraction of sp³-hybridized carbons (Fsp3) is 0.545. The van der Waals surface area contributed by atoms with Crippen molar-refractivity contribution in [3.05, 3.63) is 46.8 Å². The zero-order chi connectivity index (χ0) is 19.7. The summed E-state index contributed by atoms with van der Waals surface area (Å²) in [7, 11) is 0. The van der Waals surface area contributed by atoms with Gasteiger partial charge < -0.3 is 15.0 Å². The van der Waals surface area contributed by atoms with Gasteiger partial charge in [-0.15, -0.1) is 0 Å². The normalized spacial score (nSPS) is 21.6. The number of aryl methyl sites for hydroxylation is 1. The molecule has 1 aromatic heterocycles. The first kappa shape index (κ1) is 19.0. The van der Waals surface area contributed by atoms with Gasteiger partial charge in [0.2, 0.25) is 0 Å². The number of benzene rings is 1. The Kier molecular flexibility index (Phi) is 5.40. The number of ether oxygens (including phenoxy) is 1. The van der Waals surface area contributed by atoms with Crippen molar-refractivity contribution in [1.29, 1.82) is 0 Å². The van der Waals surface area contributed by atoms with Crippen molar-refractivity contribution in [2.75, 3.05) is 18.0 Å². The number of fused-ring (bicyclic) bond motifs is 1. The van der Waals surface area contributed by atoms with Crippen LogP contribution in [0.1, 0.15) is 67.0 Å². The summed E-state index contributed by atoms with van der Waals surface area (Å²) < 4.78 is 7.72. The van der Waals surface area contributed by atoms with E-state index in [0.29, 0.717) is 18.8 Å². The van der Waals surface area contributed by atoms with Crippen molar-refractivity contribution in [1.82, 2.24) is 15.1 Å². The second kappa shape index (κ2) is 7.95. The molecule has 1 N–H and O–H groups in total. The summed E-state index contributed by atoms with van der Waals surface area (Å²) in [6, 6.07) is 8.38. The van der Waals surface area contributed by atoms with E-state index in [0.717, 1.165) is 30.8 Å². The maximum absolute atomic E-state index is 13.2. The predicted octanol–water partition coefficient (Wildman–Crippen LogP) is 3.46. The number of hydrogen-bond donors (Lipinski definition) is 1. The van der Waals surface area contributed by atoms with E-state index in [1.165, 1.54) is 24.1 Å². The first-order valence-corrected chi connectivity index (χ1v) is 10.4. The standard InChI is InChI=1S/C22H30N4O2/c1-4-26-21(18-13-15(2)28-16(3)20(18)24-26)22(27)23-14-17-9-5-6-10-19(17)25-11-7-8-12-25/h5-6,9-10,15-16H,4,7-8,11-14H2,1-3H3,(H,23,27)/t15-,16+/m0/s1. The van der Waals surface area contributed by atoms with Crippen LogP contribution in [-0.2, 0) is 24.2 Å². The molecule has 2 atom stereocenters. The third-order valence-corrected chi connectivity index (χ3v) is 5.79. The van der Waals surface area contributed by atoms with E-state index >= 15 is 0 Å². The largest absolute Gasteiger partial charge is 0.371 e. The summed E-state index contributed by atoms with van der Waals surface area (Å²) in [5, 5.41) is 7.82. The molecular weight excluding hydrogens is 352 g/mol. The summed E-state index contributed by atoms with van der Waals surface area (Å²) in [5.74, 6) is -0.0480. The van der Waals surface area contributed by atoms with Crippen molar-refractivity contribution in [2.45, 2.75) is 65.3 Å². The van der Waals surface area contributed by atoms with Crippen LogP contribution in [0.2, 0.25) is 0 Å². The fourth-order valence-electron chi connectivity index (χ4n) is 4.46. The third-order valence-electron chi connectivity index (χ3n) is 5.79. The van der Waals surface area contributed by atoms with Crippen LogP contribution in [0.4, 0.5) is 5.69 Å². The van der Waals surface area contributed by atoms with Crippen molar-refractivity contribution in [2.24, 2.45) is 0 Å². The van der Waals surface area contributed by atoms with E-state index in [1.807, 2.05) is 24.6 Å². The van der Waals surface area contributed by atoms with Crippen LogP contribution in [0.15, 0.2) is 24.3 Å². The minimum atomic E-state index is -0.0750. The van der Waals surface area contributed by atoms with E-state index in [1.54, 1.807) is 0 Å². The lowest BCUT2D eigenvalue weighted by atomic mass is 9.99. The van der Waals surface area contributed by atoms with Gasteiger partial charge in [0.25, 0.3) is 5.91 Å². The molecule has 0 bridgehead atoms. The Balaban J connectivity index is 1.56. The molecule has 4 rings (SSSR count). The first-order chi connectivity index (χ1) is 13.6. The Hall–Kier alpha value is -2.34. The zero-order valence-corrected chi connectivity index (χ0v) is 17.1. The van der Waals surface area contributed by atoms with Gasteiger partial charge in [-0.05, 0) is 45.2 Å². The minimum Gasteiger partial charge on any atom is -0.371 e. The van der Waals surface area contributed by atoms with Crippen LogP contribution >= 0.6 is 0 Å². The van der Waals surface area contributed by atoms with Crippen LogP contribution in [0, 0.1) is 0 Å².